The molecule has 0 aromatic heterocycles. The lowest BCUT2D eigenvalue weighted by molar-refractivity contribution is 0.616. The molecule has 0 fully saturated rings. The molecule has 16 heavy (non-hydrogen) atoms. The van der Waals surface area contributed by atoms with Crippen LogP contribution in [0.1, 0.15) is 25.5 Å². The molecule has 0 aliphatic heterocycles. The van der Waals surface area contributed by atoms with E-state index in [0.717, 1.165) is 5.56 Å². The van der Waals surface area contributed by atoms with Crippen molar-refractivity contribution in [1.82, 2.24) is 0 Å². The van der Waals surface area contributed by atoms with Gasteiger partial charge in [-0.15, -0.1) is 6.42 Å². The zero-order valence-electron chi connectivity index (χ0n) is 9.70. The van der Waals surface area contributed by atoms with Gasteiger partial charge in [-0.3, -0.25) is 0 Å². The summed E-state index contributed by atoms with van der Waals surface area (Å²) in [4.78, 5) is 1.81. The minimum atomic E-state index is -0.271. The Morgan fingerprint density at radius 1 is 1.56 bits per heavy atom. The minimum absolute atomic E-state index is 0.161. The minimum Gasteiger partial charge on any atom is -0.358 e. The van der Waals surface area contributed by atoms with E-state index in [1.807, 2.05) is 19.9 Å². The van der Waals surface area contributed by atoms with E-state index in [9.17, 15) is 4.39 Å². The molecule has 3 heteroatoms. The molecule has 0 saturated heterocycles. The Morgan fingerprint density at radius 2 is 2.25 bits per heavy atom. The topological polar surface area (TPSA) is 29.3 Å². The predicted octanol–water partition coefficient (Wildman–Crippen LogP) is 2.30. The lowest BCUT2D eigenvalue weighted by Crippen LogP contribution is -2.24. The zero-order valence-corrected chi connectivity index (χ0v) is 9.70. The number of hydrogen-bond acceptors (Lipinski definition) is 2. The van der Waals surface area contributed by atoms with Crippen molar-refractivity contribution in [3.05, 3.63) is 29.6 Å². The van der Waals surface area contributed by atoms with E-state index in [2.05, 4.69) is 5.92 Å². The van der Waals surface area contributed by atoms with Crippen LogP contribution in [0.25, 0.3) is 0 Å². The van der Waals surface area contributed by atoms with Crippen molar-refractivity contribution in [3.63, 3.8) is 0 Å². The SMILES string of the molecule is C#CCN(CC)c1ccc([C@@H](C)N)cc1F. The predicted molar refractivity (Wildman–Crippen MR) is 65.7 cm³/mol. The van der Waals surface area contributed by atoms with Gasteiger partial charge in [0.1, 0.15) is 5.82 Å². The number of terminal acetylenes is 1. The first-order valence-electron chi connectivity index (χ1n) is 5.33. The average Bonchev–Trinajstić information content (AvgIpc) is 2.26. The highest BCUT2D eigenvalue weighted by atomic mass is 19.1. The van der Waals surface area contributed by atoms with Gasteiger partial charge in [-0.2, -0.15) is 0 Å². The quantitative estimate of drug-likeness (QED) is 0.789. The molecule has 2 N–H and O–H groups in total. The summed E-state index contributed by atoms with van der Waals surface area (Å²) in [7, 11) is 0. The lowest BCUT2D eigenvalue weighted by Gasteiger charge is -2.21. The van der Waals surface area contributed by atoms with Gasteiger partial charge in [0.05, 0.1) is 12.2 Å². The monoisotopic (exact) mass is 220 g/mol. The Kier molecular flexibility index (Phi) is 4.33. The Labute approximate surface area is 96.3 Å². The molecule has 0 spiro atoms. The van der Waals surface area contributed by atoms with Gasteiger partial charge in [0.2, 0.25) is 0 Å². The van der Waals surface area contributed by atoms with Crippen molar-refractivity contribution in [3.8, 4) is 12.3 Å². The van der Waals surface area contributed by atoms with Crippen molar-refractivity contribution in [2.75, 3.05) is 18.0 Å². The summed E-state index contributed by atoms with van der Waals surface area (Å²) in [5, 5.41) is 0. The van der Waals surface area contributed by atoms with Crippen LogP contribution >= 0.6 is 0 Å². The molecule has 0 heterocycles. The van der Waals surface area contributed by atoms with Gasteiger partial charge in [0.25, 0.3) is 0 Å². The highest BCUT2D eigenvalue weighted by molar-refractivity contribution is 5.50. The van der Waals surface area contributed by atoms with Crippen LogP contribution in [0.2, 0.25) is 0 Å². The van der Waals surface area contributed by atoms with Gasteiger partial charge >= 0.3 is 0 Å². The van der Waals surface area contributed by atoms with E-state index >= 15 is 0 Å². The third-order valence-corrected chi connectivity index (χ3v) is 2.50. The number of rotatable bonds is 4. The third kappa shape index (κ3) is 2.74. The normalized spacial score (nSPS) is 11.9. The van der Waals surface area contributed by atoms with Crippen molar-refractivity contribution in [2.45, 2.75) is 19.9 Å². The molecule has 0 aliphatic rings. The van der Waals surface area contributed by atoms with Gasteiger partial charge in [-0.1, -0.05) is 12.0 Å². The first-order valence-corrected chi connectivity index (χ1v) is 5.33. The first-order chi connectivity index (χ1) is 7.60. The second-order valence-electron chi connectivity index (χ2n) is 3.72. The molecule has 86 valence electrons. The summed E-state index contributed by atoms with van der Waals surface area (Å²) in [6, 6.07) is 4.88. The molecule has 1 aromatic rings. The summed E-state index contributed by atoms with van der Waals surface area (Å²) in [5.74, 6) is 2.24. The van der Waals surface area contributed by atoms with Gasteiger partial charge in [0.15, 0.2) is 0 Å². The maximum absolute atomic E-state index is 13.8. The first kappa shape index (κ1) is 12.5. The Morgan fingerprint density at radius 3 is 2.69 bits per heavy atom. The van der Waals surface area contributed by atoms with E-state index in [0.29, 0.717) is 18.8 Å². The van der Waals surface area contributed by atoms with Crippen molar-refractivity contribution in [1.29, 1.82) is 0 Å². The summed E-state index contributed by atoms with van der Waals surface area (Å²) < 4.78 is 13.8. The highest BCUT2D eigenvalue weighted by Gasteiger charge is 2.10. The van der Waals surface area contributed by atoms with Crippen molar-refractivity contribution < 1.29 is 4.39 Å². The maximum atomic E-state index is 13.8. The Bertz CT molecular complexity index is 393. The summed E-state index contributed by atoms with van der Waals surface area (Å²) in [6.07, 6.45) is 5.24. The van der Waals surface area contributed by atoms with Crippen LogP contribution < -0.4 is 10.6 Å². The molecule has 0 aliphatic carbocycles. The number of nitrogens with zero attached hydrogens (tertiary/aromatic N) is 1. The standard InChI is InChI=1S/C13H17FN2/c1-4-8-16(5-2)13-7-6-11(10(3)15)9-12(13)14/h1,6-7,9-10H,5,8,15H2,2-3H3/t10-/m1/s1. The zero-order chi connectivity index (χ0) is 12.1. The van der Waals surface area contributed by atoms with E-state index in [1.54, 1.807) is 11.0 Å². The fourth-order valence-corrected chi connectivity index (χ4v) is 1.54. The fourth-order valence-electron chi connectivity index (χ4n) is 1.54. The summed E-state index contributed by atoms with van der Waals surface area (Å²) in [6.45, 7) is 4.85. The average molecular weight is 220 g/mol. The smallest absolute Gasteiger partial charge is 0.146 e. The van der Waals surface area contributed by atoms with E-state index in [1.165, 1.54) is 6.07 Å². The molecule has 2 nitrogen and oxygen atoms in total. The van der Waals surface area contributed by atoms with Crippen LogP contribution in [-0.2, 0) is 0 Å². The molecule has 1 rings (SSSR count). The van der Waals surface area contributed by atoms with Crippen LogP contribution in [0.3, 0.4) is 0 Å². The van der Waals surface area contributed by atoms with Crippen LogP contribution in [0.15, 0.2) is 18.2 Å². The Hall–Kier alpha value is -1.53. The van der Waals surface area contributed by atoms with E-state index in [-0.39, 0.29) is 11.9 Å². The molecule has 1 atom stereocenters. The fraction of sp³-hybridized carbons (Fsp3) is 0.385. The second-order valence-corrected chi connectivity index (χ2v) is 3.72. The van der Waals surface area contributed by atoms with Gasteiger partial charge in [0, 0.05) is 12.6 Å². The number of halogens is 1. The molecule has 0 bridgehead atoms. The Balaban J connectivity index is 3.02. The molecule has 0 unspecified atom stereocenters. The molecule has 0 amide bonds. The molecule has 0 saturated carbocycles. The maximum Gasteiger partial charge on any atom is 0.146 e. The van der Waals surface area contributed by atoms with Crippen LogP contribution in [0.5, 0.6) is 0 Å². The van der Waals surface area contributed by atoms with Crippen LogP contribution in [0, 0.1) is 18.2 Å². The number of nitrogens with two attached hydrogens (primary N) is 1. The van der Waals surface area contributed by atoms with Crippen molar-refractivity contribution in [2.24, 2.45) is 5.73 Å². The number of anilines is 1. The van der Waals surface area contributed by atoms with Crippen LogP contribution in [0.4, 0.5) is 10.1 Å². The molecular weight excluding hydrogens is 203 g/mol. The highest BCUT2D eigenvalue weighted by Crippen LogP contribution is 2.22. The van der Waals surface area contributed by atoms with E-state index < -0.39 is 0 Å². The second kappa shape index (κ2) is 5.53. The number of hydrogen-bond donors (Lipinski definition) is 1. The largest absolute Gasteiger partial charge is 0.358 e. The van der Waals surface area contributed by atoms with Gasteiger partial charge in [-0.05, 0) is 31.5 Å². The summed E-state index contributed by atoms with van der Waals surface area (Å²) in [5.41, 5.74) is 7.01. The third-order valence-electron chi connectivity index (χ3n) is 2.50. The van der Waals surface area contributed by atoms with E-state index in [4.69, 9.17) is 12.2 Å². The summed E-state index contributed by atoms with van der Waals surface area (Å²) >= 11 is 0. The molecular formula is C13H17FN2. The van der Waals surface area contributed by atoms with Crippen molar-refractivity contribution >= 4 is 5.69 Å². The number of benzene rings is 1. The van der Waals surface area contributed by atoms with Gasteiger partial charge in [-0.25, -0.2) is 4.39 Å². The molecule has 1 aromatic carbocycles. The molecule has 0 radical (unpaired) electrons. The lowest BCUT2D eigenvalue weighted by atomic mass is 10.1. The van der Waals surface area contributed by atoms with Crippen LogP contribution in [-0.4, -0.2) is 13.1 Å². The van der Waals surface area contributed by atoms with Gasteiger partial charge < -0.3 is 10.6 Å².